The Bertz CT molecular complexity index is 466. The predicted octanol–water partition coefficient (Wildman–Crippen LogP) is 4.57. The Morgan fingerprint density at radius 3 is 2.85 bits per heavy atom. The number of carbonyl (C=O) groups is 1. The molecule has 0 aromatic carbocycles. The molecule has 0 aliphatic heterocycles. The fourth-order valence-electron chi connectivity index (χ4n) is 1.91. The Morgan fingerprint density at radius 1 is 1.60 bits per heavy atom. The molecule has 0 fully saturated rings. The zero-order valence-electron chi connectivity index (χ0n) is 11.8. The Balaban J connectivity index is 2.64. The normalized spacial score (nSPS) is 23.6. The molecule has 0 bridgehead atoms. The van der Waals surface area contributed by atoms with Crippen molar-refractivity contribution >= 4 is 34.9 Å². The molecule has 0 aromatic rings. The van der Waals surface area contributed by atoms with Crippen molar-refractivity contribution in [3.63, 3.8) is 0 Å². The number of aliphatic imine (C=N–C) groups is 1. The van der Waals surface area contributed by atoms with E-state index in [0.717, 1.165) is 12.8 Å². The summed E-state index contributed by atoms with van der Waals surface area (Å²) in [5.41, 5.74) is 1.91. The Hall–Kier alpha value is -1.06. The van der Waals surface area contributed by atoms with Gasteiger partial charge in [0.1, 0.15) is 0 Å². The van der Waals surface area contributed by atoms with Crippen LogP contribution in [0.4, 0.5) is 4.79 Å². The van der Waals surface area contributed by atoms with Gasteiger partial charge in [-0.15, -0.1) is 11.6 Å². The number of amides is 2. The van der Waals surface area contributed by atoms with Gasteiger partial charge in [-0.1, -0.05) is 36.8 Å². The van der Waals surface area contributed by atoms with Crippen LogP contribution in [0.5, 0.6) is 0 Å². The molecule has 0 aromatic heterocycles. The van der Waals surface area contributed by atoms with E-state index in [2.05, 4.69) is 16.9 Å². The van der Waals surface area contributed by atoms with Crippen LogP contribution in [0.25, 0.3) is 0 Å². The predicted molar refractivity (Wildman–Crippen MR) is 86.8 cm³/mol. The number of nitrogens with one attached hydrogen (secondary N) is 1. The van der Waals surface area contributed by atoms with Gasteiger partial charge in [-0.2, -0.15) is 4.99 Å². The van der Waals surface area contributed by atoms with E-state index in [-0.39, 0.29) is 17.5 Å². The smallest absolute Gasteiger partial charge is 0.332 e. The van der Waals surface area contributed by atoms with Crippen molar-refractivity contribution in [1.82, 2.24) is 5.32 Å². The van der Waals surface area contributed by atoms with Crippen LogP contribution in [0.3, 0.4) is 0 Å². The lowest BCUT2D eigenvalue weighted by Gasteiger charge is -2.25. The number of urea groups is 1. The molecule has 0 saturated heterocycles. The van der Waals surface area contributed by atoms with Gasteiger partial charge in [-0.25, -0.2) is 4.79 Å². The van der Waals surface area contributed by atoms with Crippen molar-refractivity contribution in [2.45, 2.75) is 44.5 Å². The first-order chi connectivity index (χ1) is 9.42. The van der Waals surface area contributed by atoms with Crippen LogP contribution >= 0.6 is 23.2 Å². The van der Waals surface area contributed by atoms with Crippen LogP contribution < -0.4 is 5.32 Å². The summed E-state index contributed by atoms with van der Waals surface area (Å²) in [4.78, 5) is 15.9. The van der Waals surface area contributed by atoms with Gasteiger partial charge in [0, 0.05) is 10.7 Å². The van der Waals surface area contributed by atoms with Crippen LogP contribution in [0.15, 0.2) is 40.4 Å². The van der Waals surface area contributed by atoms with Gasteiger partial charge in [0.2, 0.25) is 0 Å². The lowest BCUT2D eigenvalue weighted by molar-refractivity contribution is 0.244. The molecule has 1 rings (SSSR count). The summed E-state index contributed by atoms with van der Waals surface area (Å²) in [5, 5.41) is 3.08. The summed E-state index contributed by atoms with van der Waals surface area (Å²) in [6.45, 7) is 7.52. The first-order valence-corrected chi connectivity index (χ1v) is 7.45. The minimum Gasteiger partial charge on any atom is -0.332 e. The molecule has 2 unspecified atom stereocenters. The van der Waals surface area contributed by atoms with E-state index >= 15 is 0 Å². The summed E-state index contributed by atoms with van der Waals surface area (Å²) >= 11 is 11.9. The molecule has 0 saturated carbocycles. The number of hydrogen-bond acceptors (Lipinski definition) is 1. The largest absolute Gasteiger partial charge is 0.341 e. The highest BCUT2D eigenvalue weighted by Crippen LogP contribution is 2.22. The second kappa shape index (κ2) is 8.28. The lowest BCUT2D eigenvalue weighted by atomic mass is 9.96. The van der Waals surface area contributed by atoms with E-state index in [1.165, 1.54) is 5.57 Å². The first kappa shape index (κ1) is 17.0. The highest BCUT2D eigenvalue weighted by molar-refractivity contribution is 6.31. The van der Waals surface area contributed by atoms with Crippen molar-refractivity contribution in [3.8, 4) is 0 Å². The van der Waals surface area contributed by atoms with Crippen LogP contribution in [0.1, 0.15) is 33.1 Å². The number of hydrogen-bond donors (Lipinski definition) is 1. The van der Waals surface area contributed by atoms with Gasteiger partial charge in [0.25, 0.3) is 0 Å². The Morgan fingerprint density at radius 2 is 2.30 bits per heavy atom. The maximum absolute atomic E-state index is 11.9. The molecule has 1 aliphatic rings. The second-order valence-electron chi connectivity index (χ2n) is 4.79. The van der Waals surface area contributed by atoms with E-state index in [1.807, 2.05) is 19.9 Å². The fraction of sp³-hybridized carbons (Fsp3) is 0.467. The summed E-state index contributed by atoms with van der Waals surface area (Å²) in [5.74, 6) is 0. The number of carbonyl (C=O) groups excluding carboxylic acids is 1. The first-order valence-electron chi connectivity index (χ1n) is 6.64. The van der Waals surface area contributed by atoms with Crippen LogP contribution in [-0.4, -0.2) is 23.2 Å². The molecule has 2 amide bonds. The summed E-state index contributed by atoms with van der Waals surface area (Å²) in [6, 6.07) is -0.433. The average molecular weight is 315 g/mol. The SMILES string of the molecule is C=C(Cl)/C=C\C(CC)=NC(=O)NC1CCC(C)=CC1Cl. The van der Waals surface area contributed by atoms with Gasteiger partial charge >= 0.3 is 6.03 Å². The molecule has 5 heteroatoms. The Kier molecular flexibility index (Phi) is 7.03. The number of alkyl halides is 1. The van der Waals surface area contributed by atoms with Gasteiger partial charge in [0.15, 0.2) is 0 Å². The molecule has 1 N–H and O–H groups in total. The quantitative estimate of drug-likeness (QED) is 0.351. The van der Waals surface area contributed by atoms with Crippen LogP contribution in [0.2, 0.25) is 0 Å². The molecule has 0 heterocycles. The maximum atomic E-state index is 11.9. The third-order valence-electron chi connectivity index (χ3n) is 3.05. The highest BCUT2D eigenvalue weighted by atomic mass is 35.5. The minimum absolute atomic E-state index is 0.0679. The van der Waals surface area contributed by atoms with E-state index in [0.29, 0.717) is 17.2 Å². The van der Waals surface area contributed by atoms with Gasteiger partial charge < -0.3 is 5.32 Å². The maximum Gasteiger partial charge on any atom is 0.341 e. The van der Waals surface area contributed by atoms with Crippen molar-refractivity contribution in [2.24, 2.45) is 4.99 Å². The molecule has 0 spiro atoms. The van der Waals surface area contributed by atoms with Gasteiger partial charge in [-0.05, 0) is 38.3 Å². The summed E-state index contributed by atoms with van der Waals surface area (Å²) in [6.07, 6.45) is 7.73. The molecular weight excluding hydrogens is 295 g/mol. The number of allylic oxidation sites excluding steroid dienone is 4. The van der Waals surface area contributed by atoms with E-state index in [1.54, 1.807) is 12.2 Å². The monoisotopic (exact) mass is 314 g/mol. The van der Waals surface area contributed by atoms with Crippen LogP contribution in [-0.2, 0) is 0 Å². The van der Waals surface area contributed by atoms with Crippen molar-refractivity contribution in [1.29, 1.82) is 0 Å². The number of halogens is 2. The number of nitrogens with zero attached hydrogens (tertiary/aromatic N) is 1. The molecule has 1 aliphatic carbocycles. The minimum atomic E-state index is -0.365. The van der Waals surface area contributed by atoms with Gasteiger partial charge in [-0.3, -0.25) is 0 Å². The fourth-order valence-corrected chi connectivity index (χ4v) is 2.37. The average Bonchev–Trinajstić information content (AvgIpc) is 2.37. The van der Waals surface area contributed by atoms with Crippen molar-refractivity contribution in [3.05, 3.63) is 35.4 Å². The zero-order valence-corrected chi connectivity index (χ0v) is 13.3. The molecule has 20 heavy (non-hydrogen) atoms. The summed E-state index contributed by atoms with van der Waals surface area (Å²) in [7, 11) is 0. The lowest BCUT2D eigenvalue weighted by Crippen LogP contribution is -2.40. The Labute approximate surface area is 130 Å². The van der Waals surface area contributed by atoms with E-state index < -0.39 is 0 Å². The topological polar surface area (TPSA) is 41.5 Å². The molecular formula is C15H20Cl2N2O. The standard InChI is InChI=1S/C15H20Cl2N2O/c1-4-12(7-6-11(3)16)18-15(20)19-14-8-5-10(2)9-13(14)17/h6-7,9,13-14H,3-5,8H2,1-2H3,(H,19,20)/b7-6-,18-12?. The number of rotatable bonds is 4. The highest BCUT2D eigenvalue weighted by Gasteiger charge is 2.23. The van der Waals surface area contributed by atoms with E-state index in [4.69, 9.17) is 23.2 Å². The summed E-state index contributed by atoms with van der Waals surface area (Å²) < 4.78 is 0. The zero-order chi connectivity index (χ0) is 15.1. The van der Waals surface area contributed by atoms with Crippen molar-refractivity contribution in [2.75, 3.05) is 0 Å². The van der Waals surface area contributed by atoms with E-state index in [9.17, 15) is 4.79 Å². The third kappa shape index (κ3) is 5.93. The molecule has 2 atom stereocenters. The molecule has 110 valence electrons. The van der Waals surface area contributed by atoms with Gasteiger partial charge in [0.05, 0.1) is 11.4 Å². The second-order valence-corrected chi connectivity index (χ2v) is 5.78. The molecule has 3 nitrogen and oxygen atoms in total. The molecule has 0 radical (unpaired) electrons. The van der Waals surface area contributed by atoms with Crippen molar-refractivity contribution < 1.29 is 4.79 Å². The third-order valence-corrected chi connectivity index (χ3v) is 3.61. The van der Waals surface area contributed by atoms with Crippen LogP contribution in [0, 0.1) is 0 Å².